The fourth-order valence-electron chi connectivity index (χ4n) is 2.85. The minimum Gasteiger partial charge on any atom is -0.408 e. The van der Waals surface area contributed by atoms with Gasteiger partial charge in [-0.3, -0.25) is 0 Å². The predicted molar refractivity (Wildman–Crippen MR) is 69.8 cm³/mol. The highest BCUT2D eigenvalue weighted by molar-refractivity contribution is 5.24. The van der Waals surface area contributed by atoms with Crippen LogP contribution in [-0.2, 0) is 0 Å². The fourth-order valence-corrected chi connectivity index (χ4v) is 2.85. The minimum atomic E-state index is 0.458. The summed E-state index contributed by atoms with van der Waals surface area (Å²) in [6.07, 6.45) is 7.36. The molecule has 1 aromatic rings. The van der Waals surface area contributed by atoms with Crippen LogP contribution >= 0.6 is 0 Å². The number of hydrogen-bond acceptors (Lipinski definition) is 5. The predicted octanol–water partition coefficient (Wildman–Crippen LogP) is 1.92. The molecule has 3 heterocycles. The van der Waals surface area contributed by atoms with E-state index < -0.39 is 0 Å². The molecule has 0 aliphatic carbocycles. The molecule has 2 aliphatic rings. The Kier molecular flexibility index (Phi) is 3.78. The zero-order valence-electron chi connectivity index (χ0n) is 10.9. The second-order valence-electron chi connectivity index (χ2n) is 5.35. The zero-order valence-corrected chi connectivity index (χ0v) is 10.9. The second kappa shape index (κ2) is 5.69. The summed E-state index contributed by atoms with van der Waals surface area (Å²) in [5.41, 5.74) is 0. The van der Waals surface area contributed by atoms with Crippen LogP contribution in [0.5, 0.6) is 0 Å². The molecule has 0 aromatic carbocycles. The van der Waals surface area contributed by atoms with Crippen LogP contribution in [0.1, 0.15) is 50.3 Å². The molecule has 1 N–H and O–H groups in total. The second-order valence-corrected chi connectivity index (χ2v) is 5.35. The number of hydrogen-bond donors (Lipinski definition) is 1. The van der Waals surface area contributed by atoms with Crippen molar-refractivity contribution < 1.29 is 4.42 Å². The van der Waals surface area contributed by atoms with Crippen molar-refractivity contribution in [1.82, 2.24) is 15.5 Å². The summed E-state index contributed by atoms with van der Waals surface area (Å²) >= 11 is 0. The molecule has 2 fully saturated rings. The molecule has 1 aromatic heterocycles. The molecule has 0 unspecified atom stereocenters. The van der Waals surface area contributed by atoms with Crippen molar-refractivity contribution in [1.29, 1.82) is 0 Å². The van der Waals surface area contributed by atoms with E-state index in [0.29, 0.717) is 5.92 Å². The van der Waals surface area contributed by atoms with Crippen LogP contribution in [0.25, 0.3) is 0 Å². The van der Waals surface area contributed by atoms with Crippen LogP contribution in [0.15, 0.2) is 4.42 Å². The van der Waals surface area contributed by atoms with Crippen LogP contribution in [0.3, 0.4) is 0 Å². The standard InChI is InChI=1S/C13H22N4O/c1-2-4-10-17(9-3-1)13-16-15-12(18-13)11-5-7-14-8-6-11/h11,14H,1-10H2. The van der Waals surface area contributed by atoms with E-state index in [9.17, 15) is 0 Å². The number of aromatic nitrogens is 2. The van der Waals surface area contributed by atoms with E-state index in [1.54, 1.807) is 0 Å². The summed E-state index contributed by atoms with van der Waals surface area (Å²) in [5.74, 6) is 1.30. The summed E-state index contributed by atoms with van der Waals surface area (Å²) < 4.78 is 5.89. The number of nitrogens with one attached hydrogen (secondary N) is 1. The Morgan fingerprint density at radius 3 is 2.44 bits per heavy atom. The van der Waals surface area contributed by atoms with Gasteiger partial charge in [-0.15, -0.1) is 5.10 Å². The summed E-state index contributed by atoms with van der Waals surface area (Å²) in [5, 5.41) is 11.9. The van der Waals surface area contributed by atoms with Gasteiger partial charge >= 0.3 is 6.01 Å². The Hall–Kier alpha value is -1.10. The molecular weight excluding hydrogens is 228 g/mol. The van der Waals surface area contributed by atoms with E-state index in [-0.39, 0.29) is 0 Å². The monoisotopic (exact) mass is 250 g/mol. The van der Waals surface area contributed by atoms with E-state index in [1.807, 2.05) is 0 Å². The molecule has 0 spiro atoms. The summed E-state index contributed by atoms with van der Waals surface area (Å²) in [7, 11) is 0. The van der Waals surface area contributed by atoms with Gasteiger partial charge in [-0.2, -0.15) is 0 Å². The molecule has 18 heavy (non-hydrogen) atoms. The molecule has 3 rings (SSSR count). The van der Waals surface area contributed by atoms with Gasteiger partial charge in [0.15, 0.2) is 0 Å². The number of anilines is 1. The average molecular weight is 250 g/mol. The molecule has 5 nitrogen and oxygen atoms in total. The van der Waals surface area contributed by atoms with Gasteiger partial charge in [0.05, 0.1) is 0 Å². The van der Waals surface area contributed by atoms with E-state index in [1.165, 1.54) is 25.7 Å². The lowest BCUT2D eigenvalue weighted by molar-refractivity contribution is 0.374. The van der Waals surface area contributed by atoms with Gasteiger partial charge in [0, 0.05) is 19.0 Å². The van der Waals surface area contributed by atoms with E-state index in [4.69, 9.17) is 4.42 Å². The molecule has 0 amide bonds. The van der Waals surface area contributed by atoms with Crippen LogP contribution in [0.2, 0.25) is 0 Å². The molecular formula is C13H22N4O. The first-order valence-corrected chi connectivity index (χ1v) is 7.22. The van der Waals surface area contributed by atoms with Crippen molar-refractivity contribution in [3.8, 4) is 0 Å². The molecule has 0 atom stereocenters. The number of nitrogens with zero attached hydrogens (tertiary/aromatic N) is 3. The molecule has 2 aliphatic heterocycles. The molecule has 0 saturated carbocycles. The number of rotatable bonds is 2. The largest absolute Gasteiger partial charge is 0.408 e. The first kappa shape index (κ1) is 12.0. The summed E-state index contributed by atoms with van der Waals surface area (Å²) in [4.78, 5) is 2.25. The van der Waals surface area contributed by atoms with Crippen molar-refractivity contribution in [2.24, 2.45) is 0 Å². The van der Waals surface area contributed by atoms with Crippen molar-refractivity contribution in [2.45, 2.75) is 44.4 Å². The molecule has 2 saturated heterocycles. The Morgan fingerprint density at radius 2 is 1.72 bits per heavy atom. The molecule has 100 valence electrons. The van der Waals surface area contributed by atoms with Gasteiger partial charge in [0.2, 0.25) is 5.89 Å². The van der Waals surface area contributed by atoms with E-state index in [0.717, 1.165) is 50.9 Å². The third kappa shape index (κ3) is 2.66. The fraction of sp³-hybridized carbons (Fsp3) is 0.846. The summed E-state index contributed by atoms with van der Waals surface area (Å²) in [6.45, 7) is 4.25. The lowest BCUT2D eigenvalue weighted by Gasteiger charge is -2.19. The smallest absolute Gasteiger partial charge is 0.318 e. The first-order valence-electron chi connectivity index (χ1n) is 7.22. The Balaban J connectivity index is 1.67. The Labute approximate surface area is 108 Å². The first-order chi connectivity index (χ1) is 8.93. The van der Waals surface area contributed by atoms with Crippen molar-refractivity contribution in [3.63, 3.8) is 0 Å². The lowest BCUT2D eigenvalue weighted by Crippen LogP contribution is -2.26. The normalized spacial score (nSPS) is 23.0. The van der Waals surface area contributed by atoms with Crippen LogP contribution < -0.4 is 10.2 Å². The van der Waals surface area contributed by atoms with Gasteiger partial charge < -0.3 is 14.6 Å². The SMILES string of the molecule is C1CCCN(c2nnc(C3CCNCC3)o2)CC1. The highest BCUT2D eigenvalue weighted by atomic mass is 16.4. The highest BCUT2D eigenvalue weighted by Crippen LogP contribution is 2.27. The molecule has 5 heteroatoms. The number of piperidine rings is 1. The molecule has 0 radical (unpaired) electrons. The quantitative estimate of drug-likeness (QED) is 0.869. The van der Waals surface area contributed by atoms with Crippen LogP contribution in [0.4, 0.5) is 6.01 Å². The van der Waals surface area contributed by atoms with E-state index >= 15 is 0 Å². The van der Waals surface area contributed by atoms with E-state index in [2.05, 4.69) is 20.4 Å². The maximum Gasteiger partial charge on any atom is 0.318 e. The topological polar surface area (TPSA) is 54.2 Å². The van der Waals surface area contributed by atoms with Crippen LogP contribution in [-0.4, -0.2) is 36.4 Å². The van der Waals surface area contributed by atoms with Gasteiger partial charge in [-0.25, -0.2) is 0 Å². The van der Waals surface area contributed by atoms with Gasteiger partial charge in [-0.05, 0) is 38.8 Å². The van der Waals surface area contributed by atoms with Gasteiger partial charge in [0.1, 0.15) is 0 Å². The van der Waals surface area contributed by atoms with Crippen molar-refractivity contribution in [2.75, 3.05) is 31.1 Å². The maximum atomic E-state index is 5.89. The minimum absolute atomic E-state index is 0.458. The average Bonchev–Trinajstić information content (AvgIpc) is 2.76. The van der Waals surface area contributed by atoms with Gasteiger partial charge in [-0.1, -0.05) is 17.9 Å². The Morgan fingerprint density at radius 1 is 1.00 bits per heavy atom. The maximum absolute atomic E-state index is 5.89. The third-order valence-electron chi connectivity index (χ3n) is 3.99. The van der Waals surface area contributed by atoms with Crippen molar-refractivity contribution >= 4 is 6.01 Å². The van der Waals surface area contributed by atoms with Gasteiger partial charge in [0.25, 0.3) is 0 Å². The lowest BCUT2D eigenvalue weighted by atomic mass is 9.98. The zero-order chi connectivity index (χ0) is 12.2. The third-order valence-corrected chi connectivity index (χ3v) is 3.99. The van der Waals surface area contributed by atoms with Crippen LogP contribution in [0, 0.1) is 0 Å². The molecule has 0 bridgehead atoms. The van der Waals surface area contributed by atoms with Crippen molar-refractivity contribution in [3.05, 3.63) is 5.89 Å². The Bertz CT molecular complexity index is 365. The highest BCUT2D eigenvalue weighted by Gasteiger charge is 2.23. The summed E-state index contributed by atoms with van der Waals surface area (Å²) in [6, 6.07) is 0.741.